The summed E-state index contributed by atoms with van der Waals surface area (Å²) in [5.74, 6) is 0.0622. The lowest BCUT2D eigenvalue weighted by molar-refractivity contribution is 0.0731. The number of aromatic nitrogens is 3. The number of carbonyl (C=O) groups is 1. The third-order valence-corrected chi connectivity index (χ3v) is 4.32. The molecule has 1 aliphatic heterocycles. The number of nitrogens with zero attached hydrogens (tertiary/aromatic N) is 4. The maximum atomic E-state index is 14.1. The first-order chi connectivity index (χ1) is 11.5. The van der Waals surface area contributed by atoms with Crippen LogP contribution in [0.25, 0.3) is 5.69 Å². The Morgan fingerprint density at radius 3 is 2.79 bits per heavy atom. The number of carbonyl (C=O) groups excluding carboxylic acids is 1. The molecule has 1 unspecified atom stereocenters. The van der Waals surface area contributed by atoms with Crippen LogP contribution in [-0.4, -0.2) is 51.8 Å². The van der Waals surface area contributed by atoms with E-state index in [0.717, 1.165) is 19.5 Å². The number of rotatable bonds is 4. The second-order valence-corrected chi connectivity index (χ2v) is 6.37. The first-order valence-electron chi connectivity index (χ1n) is 8.18. The fourth-order valence-corrected chi connectivity index (χ4v) is 2.88. The van der Waals surface area contributed by atoms with Gasteiger partial charge in [-0.3, -0.25) is 4.79 Å². The topological polar surface area (TPSA) is 63.1 Å². The molecule has 0 bridgehead atoms. The Morgan fingerprint density at radius 2 is 2.17 bits per heavy atom. The van der Waals surface area contributed by atoms with Crippen molar-refractivity contribution in [2.45, 2.75) is 32.2 Å². The van der Waals surface area contributed by atoms with Crippen molar-refractivity contribution in [2.75, 3.05) is 20.1 Å². The second-order valence-electron chi connectivity index (χ2n) is 6.37. The summed E-state index contributed by atoms with van der Waals surface area (Å²) in [6.07, 6.45) is 0.910. The van der Waals surface area contributed by atoms with Gasteiger partial charge in [0.1, 0.15) is 17.3 Å². The van der Waals surface area contributed by atoms with Crippen LogP contribution >= 0.6 is 0 Å². The van der Waals surface area contributed by atoms with Gasteiger partial charge >= 0.3 is 0 Å². The van der Waals surface area contributed by atoms with Crippen LogP contribution in [0.2, 0.25) is 0 Å². The van der Waals surface area contributed by atoms with Gasteiger partial charge in [0.15, 0.2) is 0 Å². The van der Waals surface area contributed by atoms with Crippen LogP contribution in [0.5, 0.6) is 0 Å². The van der Waals surface area contributed by atoms with Gasteiger partial charge in [-0.2, -0.15) is 0 Å². The summed E-state index contributed by atoms with van der Waals surface area (Å²) in [6.45, 7) is 5.56. The molecule has 6 nitrogen and oxygen atoms in total. The van der Waals surface area contributed by atoms with Crippen LogP contribution in [0.15, 0.2) is 24.3 Å². The summed E-state index contributed by atoms with van der Waals surface area (Å²) >= 11 is 0. The lowest BCUT2D eigenvalue weighted by Gasteiger charge is -2.22. The fourth-order valence-electron chi connectivity index (χ4n) is 2.88. The Bertz CT molecular complexity index is 736. The number of hydrogen-bond donors (Lipinski definition) is 1. The average Bonchev–Trinajstić information content (AvgIpc) is 3.23. The minimum atomic E-state index is -0.392. The van der Waals surface area contributed by atoms with E-state index < -0.39 is 5.82 Å². The van der Waals surface area contributed by atoms with E-state index in [2.05, 4.69) is 15.4 Å². The minimum absolute atomic E-state index is 0.0112. The van der Waals surface area contributed by atoms with E-state index in [9.17, 15) is 9.18 Å². The molecule has 7 heteroatoms. The quantitative estimate of drug-likeness (QED) is 0.930. The van der Waals surface area contributed by atoms with Gasteiger partial charge in [0.25, 0.3) is 5.91 Å². The molecule has 0 aliphatic carbocycles. The minimum Gasteiger partial charge on any atom is -0.335 e. The summed E-state index contributed by atoms with van der Waals surface area (Å²) in [6, 6.07) is 6.51. The number of halogens is 1. The molecular formula is C17H22FN5O. The lowest BCUT2D eigenvalue weighted by atomic mass is 10.2. The number of amides is 1. The van der Waals surface area contributed by atoms with Crippen molar-refractivity contribution < 1.29 is 9.18 Å². The molecule has 1 fully saturated rings. The van der Waals surface area contributed by atoms with Crippen molar-refractivity contribution in [3.8, 4) is 5.69 Å². The molecule has 2 heterocycles. The molecule has 1 atom stereocenters. The van der Waals surface area contributed by atoms with Crippen LogP contribution < -0.4 is 5.32 Å². The highest BCUT2D eigenvalue weighted by atomic mass is 19.1. The number of hydrogen-bond acceptors (Lipinski definition) is 4. The monoisotopic (exact) mass is 331 g/mol. The van der Waals surface area contributed by atoms with Crippen LogP contribution in [0.4, 0.5) is 4.39 Å². The molecule has 1 N–H and O–H groups in total. The Hall–Kier alpha value is -2.28. The van der Waals surface area contributed by atoms with Crippen molar-refractivity contribution >= 4 is 5.91 Å². The van der Waals surface area contributed by atoms with Gasteiger partial charge in [-0.1, -0.05) is 26.0 Å². The van der Waals surface area contributed by atoms with Crippen LogP contribution in [0.1, 0.15) is 42.6 Å². The number of likely N-dealkylation sites (N-methyl/N-ethyl adjacent to an activating group) is 1. The van der Waals surface area contributed by atoms with Crippen molar-refractivity contribution in [1.82, 2.24) is 25.0 Å². The number of para-hydroxylation sites is 1. The van der Waals surface area contributed by atoms with Gasteiger partial charge in [-0.25, -0.2) is 14.1 Å². The number of nitrogens with one attached hydrogen (secondary N) is 1. The van der Waals surface area contributed by atoms with Crippen LogP contribution in [0.3, 0.4) is 0 Å². The van der Waals surface area contributed by atoms with E-state index in [1.54, 1.807) is 30.1 Å². The van der Waals surface area contributed by atoms with Crippen molar-refractivity contribution in [2.24, 2.45) is 0 Å². The highest BCUT2D eigenvalue weighted by molar-refractivity contribution is 5.90. The van der Waals surface area contributed by atoms with E-state index in [0.29, 0.717) is 11.5 Å². The van der Waals surface area contributed by atoms with Crippen molar-refractivity contribution in [3.63, 3.8) is 0 Å². The zero-order valence-corrected chi connectivity index (χ0v) is 14.2. The smallest absolute Gasteiger partial charge is 0.293 e. The molecule has 1 aromatic heterocycles. The second kappa shape index (κ2) is 6.68. The van der Waals surface area contributed by atoms with Gasteiger partial charge < -0.3 is 10.2 Å². The predicted octanol–water partition coefficient (Wildman–Crippen LogP) is 1.96. The average molecular weight is 331 g/mol. The maximum Gasteiger partial charge on any atom is 0.293 e. The van der Waals surface area contributed by atoms with E-state index in [1.165, 1.54) is 10.7 Å². The molecule has 0 saturated carbocycles. The van der Waals surface area contributed by atoms with Gasteiger partial charge in [0.2, 0.25) is 5.82 Å². The molecule has 1 amide bonds. The summed E-state index contributed by atoms with van der Waals surface area (Å²) in [4.78, 5) is 18.8. The predicted molar refractivity (Wildman–Crippen MR) is 88.8 cm³/mol. The summed E-state index contributed by atoms with van der Waals surface area (Å²) in [5.41, 5.74) is 0.304. The summed E-state index contributed by atoms with van der Waals surface area (Å²) in [5, 5.41) is 7.55. The highest BCUT2D eigenvalue weighted by Gasteiger charge is 2.28. The maximum absolute atomic E-state index is 14.1. The molecule has 0 radical (unpaired) electrons. The Balaban J connectivity index is 1.97. The van der Waals surface area contributed by atoms with Gasteiger partial charge in [-0.15, -0.1) is 5.10 Å². The molecule has 1 aromatic carbocycles. The lowest BCUT2D eigenvalue weighted by Crippen LogP contribution is -2.38. The molecule has 2 aromatic rings. The fraction of sp³-hybridized carbons (Fsp3) is 0.471. The Kier molecular flexibility index (Phi) is 4.62. The number of benzene rings is 1. The van der Waals surface area contributed by atoms with Crippen molar-refractivity contribution in [1.29, 1.82) is 0 Å². The third-order valence-electron chi connectivity index (χ3n) is 4.32. The van der Waals surface area contributed by atoms with Gasteiger partial charge in [0, 0.05) is 25.6 Å². The van der Waals surface area contributed by atoms with Crippen LogP contribution in [0, 0.1) is 5.82 Å². The molecule has 1 saturated heterocycles. The Labute approximate surface area is 140 Å². The third kappa shape index (κ3) is 3.03. The van der Waals surface area contributed by atoms with E-state index in [4.69, 9.17) is 0 Å². The Morgan fingerprint density at radius 1 is 1.42 bits per heavy atom. The molecule has 24 heavy (non-hydrogen) atoms. The first kappa shape index (κ1) is 16.6. The zero-order valence-electron chi connectivity index (χ0n) is 14.2. The van der Waals surface area contributed by atoms with Gasteiger partial charge in [0.05, 0.1) is 0 Å². The molecule has 128 valence electrons. The first-order valence-corrected chi connectivity index (χ1v) is 8.18. The van der Waals surface area contributed by atoms with Crippen LogP contribution in [-0.2, 0) is 0 Å². The molecule has 1 aliphatic rings. The summed E-state index contributed by atoms with van der Waals surface area (Å²) in [7, 11) is 1.76. The normalized spacial score (nSPS) is 17.5. The SMILES string of the molecule is CC(C)c1nc(C(=O)N(C)C2CCNC2)nn1-c1ccccc1F. The van der Waals surface area contributed by atoms with E-state index >= 15 is 0 Å². The zero-order chi connectivity index (χ0) is 17.3. The summed E-state index contributed by atoms with van der Waals surface area (Å²) < 4.78 is 15.6. The van der Waals surface area contributed by atoms with E-state index in [-0.39, 0.29) is 23.7 Å². The molecule has 3 rings (SSSR count). The molecule has 0 spiro atoms. The highest BCUT2D eigenvalue weighted by Crippen LogP contribution is 2.20. The standard InChI is InChI=1S/C17H22FN5O/c1-11(2)16-20-15(17(24)22(3)12-8-9-19-10-12)21-23(16)14-7-5-4-6-13(14)18/h4-7,11-12,19H,8-10H2,1-3H3. The van der Waals surface area contributed by atoms with Gasteiger partial charge in [-0.05, 0) is 25.1 Å². The largest absolute Gasteiger partial charge is 0.335 e. The van der Waals surface area contributed by atoms with E-state index in [1.807, 2.05) is 13.8 Å². The van der Waals surface area contributed by atoms with Crippen molar-refractivity contribution in [3.05, 3.63) is 41.7 Å². The molecular weight excluding hydrogens is 309 g/mol.